The summed E-state index contributed by atoms with van der Waals surface area (Å²) in [5.74, 6) is 1.51. The summed E-state index contributed by atoms with van der Waals surface area (Å²) in [5, 5.41) is 2.99. The quantitative estimate of drug-likeness (QED) is 0.635. The number of anilines is 2. The van der Waals surface area contributed by atoms with Crippen molar-refractivity contribution in [3.8, 4) is 11.4 Å². The molecule has 0 aliphatic rings. The van der Waals surface area contributed by atoms with Crippen LogP contribution in [0.2, 0.25) is 0 Å². The van der Waals surface area contributed by atoms with Crippen LogP contribution in [0, 0.1) is 0 Å². The number of benzene rings is 1. The molecule has 2 aromatic heterocycles. The zero-order chi connectivity index (χ0) is 13.4. The van der Waals surface area contributed by atoms with Crippen molar-refractivity contribution >= 4 is 38.6 Å². The number of hydrogen-bond donors (Lipinski definition) is 3. The summed E-state index contributed by atoms with van der Waals surface area (Å²) in [5.41, 5.74) is 9.10. The number of aromatic amines is 1. The van der Waals surface area contributed by atoms with Crippen molar-refractivity contribution in [2.45, 2.75) is 0 Å². The molecule has 5 nitrogen and oxygen atoms in total. The fourth-order valence-electron chi connectivity index (χ4n) is 1.91. The number of nitrogen functional groups attached to an aromatic ring is 1. The molecule has 2 heterocycles. The van der Waals surface area contributed by atoms with Crippen molar-refractivity contribution in [2.24, 2.45) is 0 Å². The van der Waals surface area contributed by atoms with E-state index in [0.717, 1.165) is 27.2 Å². The van der Waals surface area contributed by atoms with Crippen molar-refractivity contribution in [3.05, 3.63) is 34.8 Å². The van der Waals surface area contributed by atoms with E-state index in [1.807, 2.05) is 37.4 Å². The highest BCUT2D eigenvalue weighted by atomic mass is 79.9. The van der Waals surface area contributed by atoms with Gasteiger partial charge in [0.05, 0.1) is 5.52 Å². The summed E-state index contributed by atoms with van der Waals surface area (Å²) in [7, 11) is 1.83. The first-order chi connectivity index (χ1) is 9.17. The predicted molar refractivity (Wildman–Crippen MR) is 81.0 cm³/mol. The Balaban J connectivity index is 2.14. The number of rotatable bonds is 2. The minimum atomic E-state index is 0.669. The molecule has 0 amide bonds. The number of nitrogens with zero attached hydrogens (tertiary/aromatic N) is 2. The standard InChI is InChI=1S/C13H12BrN5/c1-16-11-5-4-10-13(18-11)19-12(17-10)8-3-2-7(14)6-9(8)15/h2-6H,15H2,1H3,(H2,16,17,18,19). The van der Waals surface area contributed by atoms with E-state index < -0.39 is 0 Å². The molecule has 0 aliphatic heterocycles. The lowest BCUT2D eigenvalue weighted by Crippen LogP contribution is -1.91. The average molecular weight is 318 g/mol. The largest absolute Gasteiger partial charge is 0.398 e. The monoisotopic (exact) mass is 317 g/mol. The zero-order valence-corrected chi connectivity index (χ0v) is 11.8. The first-order valence-electron chi connectivity index (χ1n) is 5.77. The molecule has 1 aromatic carbocycles. The van der Waals surface area contributed by atoms with Crippen molar-refractivity contribution in [1.29, 1.82) is 0 Å². The summed E-state index contributed by atoms with van der Waals surface area (Å²) >= 11 is 3.39. The van der Waals surface area contributed by atoms with Gasteiger partial charge in [-0.1, -0.05) is 15.9 Å². The molecule has 0 saturated heterocycles. The van der Waals surface area contributed by atoms with Crippen LogP contribution in [0.25, 0.3) is 22.6 Å². The molecule has 0 aliphatic carbocycles. The van der Waals surface area contributed by atoms with E-state index in [0.29, 0.717) is 11.3 Å². The van der Waals surface area contributed by atoms with Crippen molar-refractivity contribution in [1.82, 2.24) is 15.0 Å². The summed E-state index contributed by atoms with van der Waals surface area (Å²) in [4.78, 5) is 12.1. The Labute approximate surface area is 118 Å². The molecule has 0 bridgehead atoms. The van der Waals surface area contributed by atoms with Crippen molar-refractivity contribution in [3.63, 3.8) is 0 Å². The van der Waals surface area contributed by atoms with Crippen LogP contribution in [0.3, 0.4) is 0 Å². The van der Waals surface area contributed by atoms with Crippen LogP contribution in [0.4, 0.5) is 11.5 Å². The molecule has 3 aromatic rings. The van der Waals surface area contributed by atoms with Gasteiger partial charge in [-0.2, -0.15) is 0 Å². The van der Waals surface area contributed by atoms with Crippen LogP contribution in [0.1, 0.15) is 0 Å². The molecule has 0 atom stereocenters. The molecule has 0 saturated carbocycles. The number of nitrogens with one attached hydrogen (secondary N) is 2. The van der Waals surface area contributed by atoms with E-state index in [4.69, 9.17) is 5.73 Å². The Hall–Kier alpha value is -2.08. The number of hydrogen-bond acceptors (Lipinski definition) is 4. The van der Waals surface area contributed by atoms with E-state index in [1.54, 1.807) is 0 Å². The fraction of sp³-hybridized carbons (Fsp3) is 0.0769. The number of fused-ring (bicyclic) bond motifs is 1. The fourth-order valence-corrected chi connectivity index (χ4v) is 2.29. The van der Waals surface area contributed by atoms with Gasteiger partial charge in [0.15, 0.2) is 5.65 Å². The van der Waals surface area contributed by atoms with E-state index in [1.165, 1.54) is 0 Å². The number of nitrogens with two attached hydrogens (primary N) is 1. The second-order valence-electron chi connectivity index (χ2n) is 4.13. The Bertz CT molecular complexity index is 750. The molecule has 3 rings (SSSR count). The van der Waals surface area contributed by atoms with Gasteiger partial charge < -0.3 is 16.0 Å². The van der Waals surface area contributed by atoms with Gasteiger partial charge in [0.25, 0.3) is 0 Å². The molecular weight excluding hydrogens is 306 g/mol. The number of aromatic nitrogens is 3. The van der Waals surface area contributed by atoms with Crippen LogP contribution in [0.15, 0.2) is 34.8 Å². The van der Waals surface area contributed by atoms with Crippen molar-refractivity contribution in [2.75, 3.05) is 18.1 Å². The smallest absolute Gasteiger partial charge is 0.180 e. The number of pyridine rings is 1. The van der Waals surface area contributed by atoms with E-state index in [9.17, 15) is 0 Å². The Morgan fingerprint density at radius 1 is 1.21 bits per heavy atom. The lowest BCUT2D eigenvalue weighted by molar-refractivity contribution is 1.28. The van der Waals surface area contributed by atoms with Crippen LogP contribution >= 0.6 is 15.9 Å². The molecule has 0 unspecified atom stereocenters. The van der Waals surface area contributed by atoms with Crippen LogP contribution in [-0.4, -0.2) is 22.0 Å². The van der Waals surface area contributed by atoms with Gasteiger partial charge in [-0.05, 0) is 30.3 Å². The van der Waals surface area contributed by atoms with Crippen molar-refractivity contribution < 1.29 is 0 Å². The molecule has 6 heteroatoms. The summed E-state index contributed by atoms with van der Waals surface area (Å²) in [6.45, 7) is 0. The Morgan fingerprint density at radius 2 is 2.05 bits per heavy atom. The first kappa shape index (κ1) is 12.0. The molecule has 0 fully saturated rings. The molecule has 4 N–H and O–H groups in total. The van der Waals surface area contributed by atoms with E-state index in [-0.39, 0.29) is 0 Å². The molecule has 19 heavy (non-hydrogen) atoms. The minimum absolute atomic E-state index is 0.669. The number of halogens is 1. The topological polar surface area (TPSA) is 79.6 Å². The highest BCUT2D eigenvalue weighted by Crippen LogP contribution is 2.28. The van der Waals surface area contributed by atoms with Gasteiger partial charge in [0.1, 0.15) is 11.6 Å². The highest BCUT2D eigenvalue weighted by molar-refractivity contribution is 9.10. The second-order valence-corrected chi connectivity index (χ2v) is 5.05. The maximum atomic E-state index is 6.01. The maximum absolute atomic E-state index is 6.01. The van der Waals surface area contributed by atoms with Crippen LogP contribution in [0.5, 0.6) is 0 Å². The highest BCUT2D eigenvalue weighted by Gasteiger charge is 2.09. The lowest BCUT2D eigenvalue weighted by atomic mass is 10.2. The Morgan fingerprint density at radius 3 is 2.79 bits per heavy atom. The SMILES string of the molecule is CNc1ccc2[nH]c(-c3ccc(Br)cc3N)nc2n1. The maximum Gasteiger partial charge on any atom is 0.180 e. The minimum Gasteiger partial charge on any atom is -0.398 e. The Kier molecular flexibility index (Phi) is 2.87. The van der Waals surface area contributed by atoms with Gasteiger partial charge in [-0.15, -0.1) is 0 Å². The third kappa shape index (κ3) is 2.15. The van der Waals surface area contributed by atoms with Gasteiger partial charge in [0.2, 0.25) is 0 Å². The zero-order valence-electron chi connectivity index (χ0n) is 10.2. The van der Waals surface area contributed by atoms with Crippen LogP contribution < -0.4 is 11.1 Å². The number of H-pyrrole nitrogens is 1. The summed E-state index contributed by atoms with van der Waals surface area (Å²) in [6, 6.07) is 9.56. The van der Waals surface area contributed by atoms with Gasteiger partial charge in [-0.3, -0.25) is 0 Å². The molecule has 0 spiro atoms. The predicted octanol–water partition coefficient (Wildman–Crippen LogP) is 3.01. The normalized spacial score (nSPS) is 10.8. The molecular formula is C13H12BrN5. The van der Waals surface area contributed by atoms with Gasteiger partial charge in [-0.25, -0.2) is 9.97 Å². The third-order valence-electron chi connectivity index (χ3n) is 2.87. The lowest BCUT2D eigenvalue weighted by Gasteiger charge is -2.02. The molecule has 0 radical (unpaired) electrons. The second kappa shape index (κ2) is 4.55. The summed E-state index contributed by atoms with van der Waals surface area (Å²) in [6.07, 6.45) is 0. The van der Waals surface area contributed by atoms with Crippen LogP contribution in [-0.2, 0) is 0 Å². The van der Waals surface area contributed by atoms with Gasteiger partial charge >= 0.3 is 0 Å². The third-order valence-corrected chi connectivity index (χ3v) is 3.36. The molecule has 96 valence electrons. The first-order valence-corrected chi connectivity index (χ1v) is 6.56. The average Bonchev–Trinajstić information content (AvgIpc) is 2.80. The summed E-state index contributed by atoms with van der Waals surface area (Å²) < 4.78 is 0.945. The number of imidazole rings is 1. The van der Waals surface area contributed by atoms with E-state index in [2.05, 4.69) is 36.2 Å². The van der Waals surface area contributed by atoms with E-state index >= 15 is 0 Å². The van der Waals surface area contributed by atoms with Gasteiger partial charge in [0, 0.05) is 22.8 Å².